The van der Waals surface area contributed by atoms with Gasteiger partial charge in [0.15, 0.2) is 0 Å². The van der Waals surface area contributed by atoms with Crippen molar-refractivity contribution in [1.82, 2.24) is 5.32 Å². The number of aliphatic hydroxyl groups is 5. The molecule has 0 aromatic heterocycles. The zero-order valence-electron chi connectivity index (χ0n) is 10.2. The second-order valence-corrected chi connectivity index (χ2v) is 4.04. The van der Waals surface area contributed by atoms with Gasteiger partial charge in [-0.1, -0.05) is 0 Å². The smallest absolute Gasteiger partial charge is 0.231 e. The van der Waals surface area contributed by atoms with Gasteiger partial charge in [-0.3, -0.25) is 14.9 Å². The summed E-state index contributed by atoms with van der Waals surface area (Å²) in [6.45, 7) is -0.784. The van der Waals surface area contributed by atoms with E-state index in [0.717, 1.165) is 6.92 Å². The summed E-state index contributed by atoms with van der Waals surface area (Å²) in [5.74, 6) is -0.697. The Morgan fingerprint density at radius 2 is 1.74 bits per heavy atom. The van der Waals surface area contributed by atoms with Gasteiger partial charge in [-0.05, 0) is 0 Å². The summed E-state index contributed by atoms with van der Waals surface area (Å²) in [7, 11) is 0. The quantitative estimate of drug-likeness (QED) is 0.194. The van der Waals surface area contributed by atoms with Crippen molar-refractivity contribution in [3.05, 3.63) is 10.1 Å². The normalized spacial score (nSPS) is 19.1. The molecule has 0 fully saturated rings. The van der Waals surface area contributed by atoms with Crippen LogP contribution in [0.15, 0.2) is 0 Å². The number of hydrogen-bond acceptors (Lipinski definition) is 8. The summed E-state index contributed by atoms with van der Waals surface area (Å²) in [6.07, 6.45) is -7.26. The molecule has 0 aromatic carbocycles. The SMILES string of the molecule is CC(=O)N[C@@H]([C@@H](O)[C@H](O)[C@H](O)CO)[C@@H](O)C[N+](=O)[O-]. The third kappa shape index (κ3) is 5.89. The van der Waals surface area contributed by atoms with E-state index in [1.54, 1.807) is 0 Å². The predicted octanol–water partition coefficient (Wildman–Crippen LogP) is -3.80. The molecular formula is C9H18N2O8. The fourth-order valence-electron chi connectivity index (χ4n) is 1.46. The minimum absolute atomic E-state index is 0.697. The van der Waals surface area contributed by atoms with Crippen molar-refractivity contribution in [3.8, 4) is 0 Å². The molecule has 0 aliphatic rings. The second kappa shape index (κ2) is 7.96. The van der Waals surface area contributed by atoms with E-state index in [2.05, 4.69) is 0 Å². The van der Waals surface area contributed by atoms with E-state index in [9.17, 15) is 30.2 Å². The Hall–Kier alpha value is -1.33. The highest BCUT2D eigenvalue weighted by molar-refractivity contribution is 5.73. The lowest BCUT2D eigenvalue weighted by atomic mass is 9.96. The first kappa shape index (κ1) is 17.7. The molecule has 0 saturated carbocycles. The van der Waals surface area contributed by atoms with Crippen LogP contribution in [0.1, 0.15) is 6.92 Å². The maximum Gasteiger partial charge on any atom is 0.231 e. The average Bonchev–Trinajstić information content (AvgIpc) is 2.31. The molecule has 112 valence electrons. The van der Waals surface area contributed by atoms with Gasteiger partial charge in [0.25, 0.3) is 0 Å². The van der Waals surface area contributed by atoms with Crippen molar-refractivity contribution in [1.29, 1.82) is 0 Å². The van der Waals surface area contributed by atoms with Gasteiger partial charge in [0.1, 0.15) is 24.4 Å². The predicted molar refractivity (Wildman–Crippen MR) is 60.6 cm³/mol. The van der Waals surface area contributed by atoms with Crippen LogP contribution in [-0.4, -0.2) is 80.0 Å². The van der Waals surface area contributed by atoms with E-state index in [0.29, 0.717) is 0 Å². The van der Waals surface area contributed by atoms with Crippen molar-refractivity contribution in [2.75, 3.05) is 13.2 Å². The van der Waals surface area contributed by atoms with E-state index in [-0.39, 0.29) is 0 Å². The van der Waals surface area contributed by atoms with Crippen LogP contribution in [0, 0.1) is 10.1 Å². The Bertz CT molecular complexity index is 313. The average molecular weight is 282 g/mol. The van der Waals surface area contributed by atoms with Crippen molar-refractivity contribution >= 4 is 5.91 Å². The molecule has 19 heavy (non-hydrogen) atoms. The molecular weight excluding hydrogens is 264 g/mol. The van der Waals surface area contributed by atoms with Crippen LogP contribution >= 0.6 is 0 Å². The monoisotopic (exact) mass is 282 g/mol. The molecule has 1 amide bonds. The topological polar surface area (TPSA) is 173 Å². The highest BCUT2D eigenvalue weighted by Crippen LogP contribution is 2.09. The van der Waals surface area contributed by atoms with Gasteiger partial charge in [0.2, 0.25) is 12.5 Å². The van der Waals surface area contributed by atoms with Gasteiger partial charge in [-0.15, -0.1) is 0 Å². The Morgan fingerprint density at radius 1 is 1.21 bits per heavy atom. The summed E-state index contributed by atoms with van der Waals surface area (Å²) < 4.78 is 0. The van der Waals surface area contributed by atoms with Gasteiger partial charge >= 0.3 is 0 Å². The van der Waals surface area contributed by atoms with Crippen LogP contribution in [-0.2, 0) is 4.79 Å². The maximum atomic E-state index is 10.9. The molecule has 5 atom stereocenters. The Labute approximate surface area is 108 Å². The molecule has 10 nitrogen and oxygen atoms in total. The molecule has 0 bridgehead atoms. The van der Waals surface area contributed by atoms with Gasteiger partial charge in [0, 0.05) is 11.8 Å². The third-order valence-electron chi connectivity index (χ3n) is 2.42. The van der Waals surface area contributed by atoms with E-state index < -0.39 is 54.4 Å². The minimum Gasteiger partial charge on any atom is -0.394 e. The van der Waals surface area contributed by atoms with Crippen molar-refractivity contribution < 1.29 is 35.3 Å². The van der Waals surface area contributed by atoms with E-state index in [4.69, 9.17) is 10.2 Å². The van der Waals surface area contributed by atoms with Crippen LogP contribution in [0.4, 0.5) is 0 Å². The molecule has 0 aliphatic carbocycles. The lowest BCUT2D eigenvalue weighted by Gasteiger charge is -2.30. The van der Waals surface area contributed by atoms with Gasteiger partial charge in [-0.25, -0.2) is 0 Å². The van der Waals surface area contributed by atoms with Crippen LogP contribution in [0.2, 0.25) is 0 Å². The molecule has 0 saturated heterocycles. The number of amides is 1. The number of nitrogens with one attached hydrogen (secondary N) is 1. The summed E-state index contributed by atoms with van der Waals surface area (Å²) in [5.41, 5.74) is 0. The molecule has 0 aliphatic heterocycles. The van der Waals surface area contributed by atoms with Crippen molar-refractivity contribution in [3.63, 3.8) is 0 Å². The minimum atomic E-state index is -1.89. The summed E-state index contributed by atoms with van der Waals surface area (Å²) in [5, 5.41) is 58.8. The van der Waals surface area contributed by atoms with Crippen LogP contribution in [0.3, 0.4) is 0 Å². The molecule has 0 radical (unpaired) electrons. The van der Waals surface area contributed by atoms with Crippen molar-refractivity contribution in [2.24, 2.45) is 0 Å². The second-order valence-electron chi connectivity index (χ2n) is 4.04. The highest BCUT2D eigenvalue weighted by atomic mass is 16.6. The molecule has 0 spiro atoms. The fourth-order valence-corrected chi connectivity index (χ4v) is 1.46. The van der Waals surface area contributed by atoms with Crippen LogP contribution in [0.5, 0.6) is 0 Å². The van der Waals surface area contributed by atoms with E-state index in [1.807, 2.05) is 5.32 Å². The zero-order valence-corrected chi connectivity index (χ0v) is 10.2. The third-order valence-corrected chi connectivity index (χ3v) is 2.42. The summed E-state index contributed by atoms with van der Waals surface area (Å²) in [6, 6.07) is -1.56. The molecule has 0 rings (SSSR count). The Morgan fingerprint density at radius 3 is 2.11 bits per heavy atom. The Balaban J connectivity index is 4.91. The number of hydrogen-bond donors (Lipinski definition) is 6. The largest absolute Gasteiger partial charge is 0.394 e. The first-order valence-corrected chi connectivity index (χ1v) is 5.42. The number of rotatable bonds is 8. The molecule has 10 heteroatoms. The molecule has 0 unspecified atom stereocenters. The number of nitro groups is 1. The summed E-state index contributed by atoms with van der Waals surface area (Å²) >= 11 is 0. The van der Waals surface area contributed by atoms with Gasteiger partial charge in [0.05, 0.1) is 12.6 Å². The first-order valence-electron chi connectivity index (χ1n) is 5.42. The van der Waals surface area contributed by atoms with Crippen LogP contribution in [0.25, 0.3) is 0 Å². The molecule has 0 heterocycles. The van der Waals surface area contributed by atoms with E-state index in [1.165, 1.54) is 0 Å². The Kier molecular flexibility index (Phi) is 7.41. The lowest BCUT2D eigenvalue weighted by Crippen LogP contribution is -2.58. The summed E-state index contributed by atoms with van der Waals surface area (Å²) in [4.78, 5) is 20.3. The molecule has 0 aromatic rings. The first-order chi connectivity index (χ1) is 8.70. The number of carbonyl (C=O) groups excluding carboxylic acids is 1. The number of nitrogens with zero attached hydrogens (tertiary/aromatic N) is 1. The lowest BCUT2D eigenvalue weighted by molar-refractivity contribution is -0.491. The number of aliphatic hydroxyl groups excluding tert-OH is 5. The van der Waals surface area contributed by atoms with Crippen molar-refractivity contribution in [2.45, 2.75) is 37.4 Å². The number of carbonyl (C=O) groups is 1. The van der Waals surface area contributed by atoms with Crippen LogP contribution < -0.4 is 5.32 Å². The fraction of sp³-hybridized carbons (Fsp3) is 0.889. The highest BCUT2D eigenvalue weighted by Gasteiger charge is 2.37. The molecule has 6 N–H and O–H groups in total. The van der Waals surface area contributed by atoms with E-state index >= 15 is 0 Å². The zero-order chi connectivity index (χ0) is 15.2. The van der Waals surface area contributed by atoms with Gasteiger partial charge in [-0.2, -0.15) is 0 Å². The maximum absolute atomic E-state index is 10.9. The standard InChI is InChI=1S/C9H18N2O8/c1-4(13)10-7(5(14)2-11(18)19)9(17)8(16)6(15)3-12/h5-9,12,14-17H,2-3H2,1H3,(H,10,13)/t5-,6+,7+,8+,9+/m0/s1. The van der Waals surface area contributed by atoms with Gasteiger partial charge < -0.3 is 30.8 Å².